The summed E-state index contributed by atoms with van der Waals surface area (Å²) in [6, 6.07) is 0.702. The highest BCUT2D eigenvalue weighted by atomic mass is 19.4. The molecule has 1 aliphatic rings. The summed E-state index contributed by atoms with van der Waals surface area (Å²) in [6.45, 7) is 0. The average Bonchev–Trinajstić information content (AvgIpc) is 2.99. The normalized spacial score (nSPS) is 15.7. The number of nitrogens with one attached hydrogen (secondary N) is 1. The third kappa shape index (κ3) is 2.63. The number of hydrogen-bond donors (Lipinski definition) is 1. The number of nitrogens with zero attached hydrogens (tertiary/aromatic N) is 2. The fourth-order valence-corrected chi connectivity index (χ4v) is 1.31. The standard InChI is InChI=1S/C9H8F3N3O2/c10-9(11,12)8-3-6(14-5-1-2-5)7(4-13-8)15(16)17/h3-5H,1-2H2,(H,13,14). The second-order valence-corrected chi connectivity index (χ2v) is 3.76. The molecule has 5 nitrogen and oxygen atoms in total. The van der Waals surface area contributed by atoms with E-state index < -0.39 is 22.5 Å². The Labute approximate surface area is 93.8 Å². The third-order valence-electron chi connectivity index (χ3n) is 2.31. The quantitative estimate of drug-likeness (QED) is 0.658. The predicted octanol–water partition coefficient (Wildman–Crippen LogP) is 2.58. The van der Waals surface area contributed by atoms with Gasteiger partial charge < -0.3 is 5.32 Å². The van der Waals surface area contributed by atoms with Crippen molar-refractivity contribution in [3.8, 4) is 0 Å². The van der Waals surface area contributed by atoms with Crippen molar-refractivity contribution in [1.82, 2.24) is 4.98 Å². The Bertz CT molecular complexity index is 457. The molecule has 0 aromatic carbocycles. The van der Waals surface area contributed by atoms with E-state index in [9.17, 15) is 23.3 Å². The summed E-state index contributed by atoms with van der Waals surface area (Å²) < 4.78 is 37.2. The van der Waals surface area contributed by atoms with Gasteiger partial charge >= 0.3 is 11.9 Å². The lowest BCUT2D eigenvalue weighted by molar-refractivity contribution is -0.384. The van der Waals surface area contributed by atoms with Gasteiger partial charge in [-0.15, -0.1) is 0 Å². The van der Waals surface area contributed by atoms with E-state index in [0.717, 1.165) is 12.8 Å². The number of pyridine rings is 1. The van der Waals surface area contributed by atoms with Crippen LogP contribution in [-0.4, -0.2) is 15.9 Å². The Kier molecular flexibility index (Phi) is 2.64. The van der Waals surface area contributed by atoms with Crippen molar-refractivity contribution < 1.29 is 18.1 Å². The van der Waals surface area contributed by atoms with Gasteiger partial charge in [0.25, 0.3) is 0 Å². The van der Waals surface area contributed by atoms with Crippen LogP contribution >= 0.6 is 0 Å². The molecule has 0 amide bonds. The molecule has 8 heteroatoms. The van der Waals surface area contributed by atoms with Gasteiger partial charge in [-0.1, -0.05) is 0 Å². The van der Waals surface area contributed by atoms with E-state index in [-0.39, 0.29) is 11.7 Å². The molecule has 0 atom stereocenters. The SMILES string of the molecule is O=[N+]([O-])c1cnc(C(F)(F)F)cc1NC1CC1. The smallest absolute Gasteiger partial charge is 0.377 e. The summed E-state index contributed by atoms with van der Waals surface area (Å²) in [7, 11) is 0. The lowest BCUT2D eigenvalue weighted by atomic mass is 10.2. The number of alkyl halides is 3. The van der Waals surface area contributed by atoms with Gasteiger partial charge in [-0.2, -0.15) is 13.2 Å². The summed E-state index contributed by atoms with van der Waals surface area (Å²) >= 11 is 0. The van der Waals surface area contributed by atoms with E-state index in [1.54, 1.807) is 0 Å². The van der Waals surface area contributed by atoms with Crippen LogP contribution in [0, 0.1) is 10.1 Å². The Morgan fingerprint density at radius 3 is 2.59 bits per heavy atom. The second kappa shape index (κ2) is 3.86. The average molecular weight is 247 g/mol. The molecule has 0 spiro atoms. The first-order valence-electron chi connectivity index (χ1n) is 4.86. The monoisotopic (exact) mass is 247 g/mol. The number of anilines is 1. The number of rotatable bonds is 3. The van der Waals surface area contributed by atoms with E-state index in [4.69, 9.17) is 0 Å². The zero-order chi connectivity index (χ0) is 12.6. The van der Waals surface area contributed by atoms with Crippen LogP contribution in [-0.2, 0) is 6.18 Å². The first-order chi connectivity index (χ1) is 7.88. The minimum Gasteiger partial charge on any atom is -0.377 e. The molecule has 1 saturated carbocycles. The van der Waals surface area contributed by atoms with E-state index in [1.807, 2.05) is 0 Å². The lowest BCUT2D eigenvalue weighted by Gasteiger charge is -2.09. The third-order valence-corrected chi connectivity index (χ3v) is 2.31. The first-order valence-corrected chi connectivity index (χ1v) is 4.86. The second-order valence-electron chi connectivity index (χ2n) is 3.76. The molecular formula is C9H8F3N3O2. The van der Waals surface area contributed by atoms with Crippen molar-refractivity contribution in [2.45, 2.75) is 25.1 Å². The van der Waals surface area contributed by atoms with Crippen molar-refractivity contribution in [3.63, 3.8) is 0 Å². The highest BCUT2D eigenvalue weighted by molar-refractivity contribution is 5.62. The zero-order valence-electron chi connectivity index (χ0n) is 8.49. The summed E-state index contributed by atoms with van der Waals surface area (Å²) in [4.78, 5) is 12.9. The zero-order valence-corrected chi connectivity index (χ0v) is 8.49. The van der Waals surface area contributed by atoms with Crippen LogP contribution in [0.15, 0.2) is 12.3 Å². The summed E-state index contributed by atoms with van der Waals surface area (Å²) in [5, 5.41) is 13.3. The molecule has 0 bridgehead atoms. The van der Waals surface area contributed by atoms with Gasteiger partial charge in [0.2, 0.25) is 0 Å². The molecule has 2 rings (SSSR count). The molecule has 1 aromatic rings. The summed E-state index contributed by atoms with van der Waals surface area (Å²) in [5.74, 6) is 0. The highest BCUT2D eigenvalue weighted by Gasteiger charge is 2.35. The van der Waals surface area contributed by atoms with Gasteiger partial charge in [0.05, 0.1) is 4.92 Å². The van der Waals surface area contributed by atoms with E-state index in [0.29, 0.717) is 12.3 Å². The maximum atomic E-state index is 12.4. The number of aromatic nitrogens is 1. The van der Waals surface area contributed by atoms with Crippen LogP contribution in [0.5, 0.6) is 0 Å². The molecule has 0 aliphatic heterocycles. The maximum absolute atomic E-state index is 12.4. The van der Waals surface area contributed by atoms with Crippen molar-refractivity contribution in [3.05, 3.63) is 28.1 Å². The molecule has 17 heavy (non-hydrogen) atoms. The van der Waals surface area contributed by atoms with Crippen LogP contribution in [0.4, 0.5) is 24.5 Å². The van der Waals surface area contributed by atoms with E-state index >= 15 is 0 Å². The van der Waals surface area contributed by atoms with Crippen molar-refractivity contribution in [2.24, 2.45) is 0 Å². The predicted molar refractivity (Wildman–Crippen MR) is 52.5 cm³/mol. The van der Waals surface area contributed by atoms with Crippen LogP contribution in [0.1, 0.15) is 18.5 Å². The molecule has 0 saturated heterocycles. The van der Waals surface area contributed by atoms with Crippen LogP contribution in [0.25, 0.3) is 0 Å². The van der Waals surface area contributed by atoms with E-state index in [2.05, 4.69) is 10.3 Å². The molecule has 1 fully saturated rings. The van der Waals surface area contributed by atoms with Crippen LogP contribution < -0.4 is 5.32 Å². The minimum absolute atomic E-state index is 0.0252. The Morgan fingerprint density at radius 2 is 2.12 bits per heavy atom. The van der Waals surface area contributed by atoms with E-state index in [1.165, 1.54) is 0 Å². The lowest BCUT2D eigenvalue weighted by Crippen LogP contribution is -2.11. The molecule has 1 aromatic heterocycles. The first kappa shape index (κ1) is 11.6. The fraction of sp³-hybridized carbons (Fsp3) is 0.444. The molecule has 92 valence electrons. The topological polar surface area (TPSA) is 68.1 Å². The molecule has 1 aliphatic carbocycles. The molecular weight excluding hydrogens is 239 g/mol. The number of hydrogen-bond acceptors (Lipinski definition) is 4. The Balaban J connectivity index is 2.38. The molecule has 1 N–H and O–H groups in total. The van der Waals surface area contributed by atoms with Crippen LogP contribution in [0.2, 0.25) is 0 Å². The van der Waals surface area contributed by atoms with Gasteiger partial charge in [0.1, 0.15) is 17.6 Å². The van der Waals surface area contributed by atoms with Crippen molar-refractivity contribution >= 4 is 11.4 Å². The highest BCUT2D eigenvalue weighted by Crippen LogP contribution is 2.35. The molecule has 0 unspecified atom stereocenters. The summed E-state index contributed by atoms with van der Waals surface area (Å²) in [5.41, 5.74) is -1.70. The van der Waals surface area contributed by atoms with Crippen LogP contribution in [0.3, 0.4) is 0 Å². The fourth-order valence-electron chi connectivity index (χ4n) is 1.31. The Morgan fingerprint density at radius 1 is 1.47 bits per heavy atom. The van der Waals surface area contributed by atoms with Gasteiger partial charge in [-0.3, -0.25) is 10.1 Å². The number of halogens is 3. The van der Waals surface area contributed by atoms with Crippen molar-refractivity contribution in [1.29, 1.82) is 0 Å². The molecule has 0 radical (unpaired) electrons. The van der Waals surface area contributed by atoms with Crippen molar-refractivity contribution in [2.75, 3.05) is 5.32 Å². The van der Waals surface area contributed by atoms with Gasteiger partial charge in [0.15, 0.2) is 0 Å². The number of nitro groups is 1. The van der Waals surface area contributed by atoms with Gasteiger partial charge in [-0.05, 0) is 18.9 Å². The Hall–Kier alpha value is -1.86. The maximum Gasteiger partial charge on any atom is 0.433 e. The molecule has 1 heterocycles. The van der Waals surface area contributed by atoms with Gasteiger partial charge in [-0.25, -0.2) is 4.98 Å². The summed E-state index contributed by atoms with van der Waals surface area (Å²) in [6.07, 6.45) is -2.36. The minimum atomic E-state index is -4.60. The van der Waals surface area contributed by atoms with Gasteiger partial charge in [0, 0.05) is 6.04 Å². The largest absolute Gasteiger partial charge is 0.433 e.